The first-order chi connectivity index (χ1) is 7.69. The lowest BCUT2D eigenvalue weighted by molar-refractivity contribution is -0.385. The van der Waals surface area contributed by atoms with Crippen LogP contribution in [0.2, 0.25) is 0 Å². The van der Waals surface area contributed by atoms with Crippen LogP contribution in [-0.2, 0) is 0 Å². The first-order valence-electron chi connectivity index (χ1n) is 4.61. The van der Waals surface area contributed by atoms with Gasteiger partial charge in [-0.2, -0.15) is 5.26 Å². The van der Waals surface area contributed by atoms with Gasteiger partial charge in [0.2, 0.25) is 0 Å². The highest BCUT2D eigenvalue weighted by Crippen LogP contribution is 2.27. The number of benzene rings is 1. The molecule has 0 N–H and O–H groups in total. The van der Waals surface area contributed by atoms with Crippen LogP contribution >= 0.6 is 0 Å². The zero-order chi connectivity index (χ0) is 12.0. The fraction of sp³-hybridized carbons (Fsp3) is 0.182. The highest BCUT2D eigenvalue weighted by molar-refractivity contribution is 5.51. The summed E-state index contributed by atoms with van der Waals surface area (Å²) in [4.78, 5) is 10.2. The van der Waals surface area contributed by atoms with E-state index in [2.05, 4.69) is 6.58 Å². The lowest BCUT2D eigenvalue weighted by atomic mass is 10.2. The number of ether oxygens (including phenoxy) is 1. The molecule has 5 nitrogen and oxygen atoms in total. The quantitative estimate of drug-likeness (QED) is 0.329. The topological polar surface area (TPSA) is 76.2 Å². The third-order valence-corrected chi connectivity index (χ3v) is 1.86. The Hall–Kier alpha value is -2.35. The molecule has 0 saturated heterocycles. The molecule has 0 fully saturated rings. The third-order valence-electron chi connectivity index (χ3n) is 1.86. The largest absolute Gasteiger partial charge is 0.486 e. The molecule has 16 heavy (non-hydrogen) atoms. The summed E-state index contributed by atoms with van der Waals surface area (Å²) in [7, 11) is 0. The van der Waals surface area contributed by atoms with E-state index in [1.54, 1.807) is 6.08 Å². The minimum atomic E-state index is -0.565. The number of nitro benzene ring substituents is 1. The summed E-state index contributed by atoms with van der Waals surface area (Å²) in [6.45, 7) is 3.85. The van der Waals surface area contributed by atoms with Gasteiger partial charge in [0, 0.05) is 6.07 Å². The SMILES string of the molecule is C=CCCOc1ccc(C#N)cc1[N+](=O)[O-]. The van der Waals surface area contributed by atoms with Gasteiger partial charge in [-0.15, -0.1) is 6.58 Å². The van der Waals surface area contributed by atoms with Crippen LogP contribution in [0, 0.1) is 21.4 Å². The van der Waals surface area contributed by atoms with E-state index in [1.807, 2.05) is 6.07 Å². The molecule has 0 bridgehead atoms. The van der Waals surface area contributed by atoms with Crippen molar-refractivity contribution in [3.05, 3.63) is 46.5 Å². The molecule has 0 aliphatic rings. The van der Waals surface area contributed by atoms with Gasteiger partial charge in [0.25, 0.3) is 0 Å². The Morgan fingerprint density at radius 3 is 2.94 bits per heavy atom. The molecule has 1 aromatic rings. The second-order valence-corrected chi connectivity index (χ2v) is 2.98. The summed E-state index contributed by atoms with van der Waals surface area (Å²) in [6, 6.07) is 5.95. The Labute approximate surface area is 92.7 Å². The summed E-state index contributed by atoms with van der Waals surface area (Å²) in [5.41, 5.74) is 0.0471. The first kappa shape index (κ1) is 11.7. The maximum Gasteiger partial charge on any atom is 0.312 e. The number of nitriles is 1. The molecule has 0 heterocycles. The van der Waals surface area contributed by atoms with Gasteiger partial charge in [-0.3, -0.25) is 10.1 Å². The van der Waals surface area contributed by atoms with Crippen molar-refractivity contribution in [1.29, 1.82) is 5.26 Å². The molecule has 0 aliphatic heterocycles. The molecule has 1 aromatic carbocycles. The van der Waals surface area contributed by atoms with E-state index in [-0.39, 0.29) is 17.0 Å². The number of rotatable bonds is 5. The van der Waals surface area contributed by atoms with Crippen molar-refractivity contribution in [2.45, 2.75) is 6.42 Å². The van der Waals surface area contributed by atoms with Crippen LogP contribution in [0.5, 0.6) is 5.75 Å². The van der Waals surface area contributed by atoms with Gasteiger partial charge in [-0.1, -0.05) is 6.08 Å². The van der Waals surface area contributed by atoms with E-state index in [1.165, 1.54) is 18.2 Å². The van der Waals surface area contributed by atoms with E-state index < -0.39 is 4.92 Å². The lowest BCUT2D eigenvalue weighted by Crippen LogP contribution is -2.00. The molecule has 0 atom stereocenters. The van der Waals surface area contributed by atoms with Gasteiger partial charge in [0.1, 0.15) is 0 Å². The van der Waals surface area contributed by atoms with Crippen molar-refractivity contribution in [2.75, 3.05) is 6.61 Å². The van der Waals surface area contributed by atoms with Crippen LogP contribution < -0.4 is 4.74 Å². The van der Waals surface area contributed by atoms with Crippen LogP contribution in [0.15, 0.2) is 30.9 Å². The monoisotopic (exact) mass is 218 g/mol. The Morgan fingerprint density at radius 1 is 1.62 bits per heavy atom. The molecule has 1 rings (SSSR count). The smallest absolute Gasteiger partial charge is 0.312 e. The minimum Gasteiger partial charge on any atom is -0.486 e. The molecular formula is C11H10N2O3. The molecule has 0 aliphatic carbocycles. The fourth-order valence-corrected chi connectivity index (χ4v) is 1.10. The van der Waals surface area contributed by atoms with Crippen LogP contribution in [0.4, 0.5) is 5.69 Å². The van der Waals surface area contributed by atoms with E-state index in [0.29, 0.717) is 13.0 Å². The molecule has 0 radical (unpaired) electrons. The Morgan fingerprint density at radius 2 is 2.38 bits per heavy atom. The number of nitro groups is 1. The fourth-order valence-electron chi connectivity index (χ4n) is 1.10. The van der Waals surface area contributed by atoms with Gasteiger partial charge in [0.05, 0.1) is 23.2 Å². The first-order valence-corrected chi connectivity index (χ1v) is 4.61. The van der Waals surface area contributed by atoms with E-state index in [4.69, 9.17) is 10.00 Å². The van der Waals surface area contributed by atoms with Crippen molar-refractivity contribution in [3.8, 4) is 11.8 Å². The maximum absolute atomic E-state index is 10.7. The van der Waals surface area contributed by atoms with Crippen molar-refractivity contribution in [3.63, 3.8) is 0 Å². The standard InChI is InChI=1S/C11H10N2O3/c1-2-3-6-16-11-5-4-9(8-12)7-10(11)13(14)15/h2,4-5,7H,1,3,6H2. The van der Waals surface area contributed by atoms with E-state index in [0.717, 1.165) is 0 Å². The Balaban J connectivity index is 2.95. The number of hydrogen-bond acceptors (Lipinski definition) is 4. The van der Waals surface area contributed by atoms with Gasteiger partial charge >= 0.3 is 5.69 Å². The van der Waals surface area contributed by atoms with Crippen molar-refractivity contribution in [2.24, 2.45) is 0 Å². The summed E-state index contributed by atoms with van der Waals surface area (Å²) < 4.78 is 5.22. The van der Waals surface area contributed by atoms with Crippen LogP contribution in [0.3, 0.4) is 0 Å². The predicted molar refractivity (Wildman–Crippen MR) is 58.1 cm³/mol. The van der Waals surface area contributed by atoms with Crippen molar-refractivity contribution < 1.29 is 9.66 Å². The summed E-state index contributed by atoms with van der Waals surface area (Å²) in [6.07, 6.45) is 2.27. The predicted octanol–water partition coefficient (Wildman–Crippen LogP) is 2.42. The molecular weight excluding hydrogens is 208 g/mol. The summed E-state index contributed by atoms with van der Waals surface area (Å²) >= 11 is 0. The zero-order valence-corrected chi connectivity index (χ0v) is 8.55. The number of nitrogens with zero attached hydrogens (tertiary/aromatic N) is 2. The second kappa shape index (κ2) is 5.51. The molecule has 0 unspecified atom stereocenters. The van der Waals surface area contributed by atoms with Crippen LogP contribution in [0.1, 0.15) is 12.0 Å². The zero-order valence-electron chi connectivity index (χ0n) is 8.55. The molecule has 0 saturated carbocycles. The van der Waals surface area contributed by atoms with Gasteiger partial charge < -0.3 is 4.74 Å². The molecule has 5 heteroatoms. The molecule has 0 aromatic heterocycles. The van der Waals surface area contributed by atoms with Gasteiger partial charge in [-0.05, 0) is 18.6 Å². The summed E-state index contributed by atoms with van der Waals surface area (Å²) in [5.74, 6) is 0.172. The van der Waals surface area contributed by atoms with E-state index >= 15 is 0 Å². The van der Waals surface area contributed by atoms with E-state index in [9.17, 15) is 10.1 Å². The molecule has 0 amide bonds. The minimum absolute atomic E-state index is 0.172. The highest BCUT2D eigenvalue weighted by Gasteiger charge is 2.15. The molecule has 0 spiro atoms. The van der Waals surface area contributed by atoms with Gasteiger partial charge in [0.15, 0.2) is 5.75 Å². The number of hydrogen-bond donors (Lipinski definition) is 0. The molecule has 82 valence electrons. The van der Waals surface area contributed by atoms with Crippen LogP contribution in [-0.4, -0.2) is 11.5 Å². The maximum atomic E-state index is 10.7. The van der Waals surface area contributed by atoms with Crippen molar-refractivity contribution in [1.82, 2.24) is 0 Å². The third kappa shape index (κ3) is 2.82. The highest BCUT2D eigenvalue weighted by atomic mass is 16.6. The lowest BCUT2D eigenvalue weighted by Gasteiger charge is -2.04. The average Bonchev–Trinajstić information content (AvgIpc) is 2.29. The van der Waals surface area contributed by atoms with Gasteiger partial charge in [-0.25, -0.2) is 0 Å². The second-order valence-electron chi connectivity index (χ2n) is 2.98. The average molecular weight is 218 g/mol. The normalized spacial score (nSPS) is 9.19. The Kier molecular flexibility index (Phi) is 4.04. The Bertz CT molecular complexity index is 449. The van der Waals surface area contributed by atoms with Crippen LogP contribution in [0.25, 0.3) is 0 Å². The summed E-state index contributed by atoms with van der Waals surface area (Å²) in [5, 5.41) is 19.3. The van der Waals surface area contributed by atoms with Crippen molar-refractivity contribution >= 4 is 5.69 Å².